The highest BCUT2D eigenvalue weighted by atomic mass is 35.5. The lowest BCUT2D eigenvalue weighted by Crippen LogP contribution is -3.00. The van der Waals surface area contributed by atoms with Gasteiger partial charge in [-0.05, 0) is 18.6 Å². The molecule has 3 rings (SSSR count). The summed E-state index contributed by atoms with van der Waals surface area (Å²) in [6, 6.07) is 17.0. The molecule has 0 saturated carbocycles. The van der Waals surface area contributed by atoms with E-state index in [4.69, 9.17) is 0 Å². The average molecular weight is 288 g/mol. The summed E-state index contributed by atoms with van der Waals surface area (Å²) in [6.07, 6.45) is 2.11. The van der Waals surface area contributed by atoms with Crippen LogP contribution in [0.3, 0.4) is 0 Å². The van der Waals surface area contributed by atoms with E-state index in [1.807, 2.05) is 0 Å². The number of thiazole rings is 1. The lowest BCUT2D eigenvalue weighted by molar-refractivity contribution is -0.589. The van der Waals surface area contributed by atoms with E-state index in [-0.39, 0.29) is 12.4 Å². The Labute approximate surface area is 123 Å². The van der Waals surface area contributed by atoms with E-state index in [0.29, 0.717) is 0 Å². The van der Waals surface area contributed by atoms with E-state index in [9.17, 15) is 0 Å². The second-order valence-corrected chi connectivity index (χ2v) is 5.03. The average Bonchev–Trinajstić information content (AvgIpc) is 2.93. The Balaban J connectivity index is 0.00000133. The zero-order valence-electron chi connectivity index (χ0n) is 10.6. The summed E-state index contributed by atoms with van der Waals surface area (Å²) in [4.78, 5) is 0. The smallest absolute Gasteiger partial charge is 0.230 e. The van der Waals surface area contributed by atoms with Crippen LogP contribution in [0.4, 0.5) is 0 Å². The van der Waals surface area contributed by atoms with Gasteiger partial charge >= 0.3 is 0 Å². The molecule has 0 aliphatic heterocycles. The van der Waals surface area contributed by atoms with Crippen molar-refractivity contribution in [2.45, 2.75) is 6.92 Å². The van der Waals surface area contributed by atoms with Crippen molar-refractivity contribution in [2.24, 2.45) is 0 Å². The molecule has 0 N–H and O–H groups in total. The van der Waals surface area contributed by atoms with Gasteiger partial charge in [-0.2, -0.15) is 4.57 Å². The van der Waals surface area contributed by atoms with Crippen molar-refractivity contribution in [3.8, 4) is 16.8 Å². The third kappa shape index (κ3) is 2.70. The lowest BCUT2D eigenvalue weighted by atomic mass is 10.0. The summed E-state index contributed by atoms with van der Waals surface area (Å²) in [5.74, 6) is 0. The van der Waals surface area contributed by atoms with Crippen molar-refractivity contribution in [3.63, 3.8) is 0 Å². The fourth-order valence-electron chi connectivity index (χ4n) is 2.22. The second-order valence-electron chi connectivity index (χ2n) is 4.27. The first kappa shape index (κ1) is 13.8. The SMILES string of the molecule is Cc1cccc(-c2ccccc2)c1-[n+]1ccsc1.[Cl-]. The van der Waals surface area contributed by atoms with Gasteiger partial charge in [-0.15, -0.1) is 0 Å². The Morgan fingerprint density at radius 2 is 1.74 bits per heavy atom. The molecular weight excluding hydrogens is 274 g/mol. The minimum Gasteiger partial charge on any atom is -1.00 e. The van der Waals surface area contributed by atoms with Gasteiger partial charge in [0.25, 0.3) is 0 Å². The van der Waals surface area contributed by atoms with Gasteiger partial charge in [-0.25, -0.2) is 0 Å². The van der Waals surface area contributed by atoms with Crippen LogP contribution < -0.4 is 17.0 Å². The van der Waals surface area contributed by atoms with Gasteiger partial charge in [0.15, 0.2) is 6.20 Å². The maximum atomic E-state index is 2.20. The van der Waals surface area contributed by atoms with Gasteiger partial charge in [-0.3, -0.25) is 0 Å². The van der Waals surface area contributed by atoms with Crippen molar-refractivity contribution in [1.82, 2.24) is 0 Å². The fourth-order valence-corrected chi connectivity index (χ4v) is 2.79. The summed E-state index contributed by atoms with van der Waals surface area (Å²) in [5.41, 5.74) is 7.23. The topological polar surface area (TPSA) is 3.88 Å². The highest BCUT2D eigenvalue weighted by Crippen LogP contribution is 2.26. The predicted octanol–water partition coefficient (Wildman–Crippen LogP) is 1.00. The van der Waals surface area contributed by atoms with Crippen molar-refractivity contribution < 1.29 is 17.0 Å². The lowest BCUT2D eigenvalue weighted by Gasteiger charge is -2.06. The van der Waals surface area contributed by atoms with Crippen LogP contribution in [-0.2, 0) is 0 Å². The molecule has 0 amide bonds. The third-order valence-corrected chi connectivity index (χ3v) is 3.68. The molecule has 0 bridgehead atoms. The van der Waals surface area contributed by atoms with E-state index in [1.54, 1.807) is 11.3 Å². The molecule has 0 atom stereocenters. The molecule has 1 aromatic heterocycles. The van der Waals surface area contributed by atoms with Crippen LogP contribution in [0.1, 0.15) is 5.56 Å². The molecule has 0 saturated heterocycles. The summed E-state index contributed by atoms with van der Waals surface area (Å²) < 4.78 is 2.20. The van der Waals surface area contributed by atoms with Crippen molar-refractivity contribution in [3.05, 3.63) is 71.2 Å². The van der Waals surface area contributed by atoms with Gasteiger partial charge < -0.3 is 12.4 Å². The van der Waals surface area contributed by atoms with Gasteiger partial charge in [0.05, 0.1) is 10.9 Å². The molecule has 3 heteroatoms. The molecule has 96 valence electrons. The maximum Gasteiger partial charge on any atom is 0.230 e. The zero-order chi connectivity index (χ0) is 12.4. The number of aromatic nitrogens is 1. The first-order valence-electron chi connectivity index (χ1n) is 5.95. The van der Waals surface area contributed by atoms with Crippen LogP contribution in [0.5, 0.6) is 0 Å². The van der Waals surface area contributed by atoms with Crippen LogP contribution in [0.15, 0.2) is 65.6 Å². The van der Waals surface area contributed by atoms with E-state index in [2.05, 4.69) is 77.1 Å². The van der Waals surface area contributed by atoms with Crippen molar-refractivity contribution in [2.75, 3.05) is 0 Å². The van der Waals surface area contributed by atoms with Crippen molar-refractivity contribution in [1.29, 1.82) is 0 Å². The molecule has 19 heavy (non-hydrogen) atoms. The van der Waals surface area contributed by atoms with Crippen LogP contribution in [0.2, 0.25) is 0 Å². The number of hydrogen-bond donors (Lipinski definition) is 0. The molecule has 0 spiro atoms. The molecular formula is C16H14ClNS. The predicted molar refractivity (Wildman–Crippen MR) is 76.0 cm³/mol. The summed E-state index contributed by atoms with van der Waals surface area (Å²) >= 11 is 1.71. The molecule has 1 nitrogen and oxygen atoms in total. The van der Waals surface area contributed by atoms with Crippen LogP contribution >= 0.6 is 11.3 Å². The monoisotopic (exact) mass is 287 g/mol. The molecule has 2 aromatic carbocycles. The number of rotatable bonds is 2. The van der Waals surface area contributed by atoms with E-state index < -0.39 is 0 Å². The number of hydrogen-bond acceptors (Lipinski definition) is 1. The fraction of sp³-hybridized carbons (Fsp3) is 0.0625. The molecule has 0 unspecified atom stereocenters. The van der Waals surface area contributed by atoms with Crippen LogP contribution in [0.25, 0.3) is 16.8 Å². The normalized spacial score (nSPS) is 9.95. The highest BCUT2D eigenvalue weighted by molar-refractivity contribution is 7.07. The van der Waals surface area contributed by atoms with Gasteiger partial charge in [-0.1, -0.05) is 53.8 Å². The van der Waals surface area contributed by atoms with E-state index >= 15 is 0 Å². The molecule has 0 aliphatic rings. The quantitative estimate of drug-likeness (QED) is 0.619. The van der Waals surface area contributed by atoms with E-state index in [1.165, 1.54) is 22.4 Å². The second kappa shape index (κ2) is 6.00. The molecule has 0 fully saturated rings. The Kier molecular flexibility index (Phi) is 4.35. The van der Waals surface area contributed by atoms with Gasteiger partial charge in [0.1, 0.15) is 0 Å². The third-order valence-electron chi connectivity index (χ3n) is 3.06. The van der Waals surface area contributed by atoms with Crippen LogP contribution in [0, 0.1) is 6.92 Å². The minimum absolute atomic E-state index is 0. The first-order chi connectivity index (χ1) is 8.86. The standard InChI is InChI=1S/C16H14NS.ClH/c1-13-6-5-9-15(14-7-3-2-4-8-14)16(13)17-10-11-18-12-17;/h2-12H,1H3;1H/q+1;/p-1. The Bertz CT molecular complexity index is 648. The number of nitrogens with zero attached hydrogens (tertiary/aromatic N) is 1. The van der Waals surface area contributed by atoms with Crippen LogP contribution in [-0.4, -0.2) is 0 Å². The Morgan fingerprint density at radius 3 is 2.42 bits per heavy atom. The zero-order valence-corrected chi connectivity index (χ0v) is 12.2. The molecule has 0 aliphatic carbocycles. The maximum absolute atomic E-state index is 2.20. The highest BCUT2D eigenvalue weighted by Gasteiger charge is 2.16. The van der Waals surface area contributed by atoms with Crippen molar-refractivity contribution >= 4 is 11.3 Å². The Hall–Kier alpha value is -1.64. The molecule has 3 aromatic rings. The number of halogens is 1. The summed E-state index contributed by atoms with van der Waals surface area (Å²) in [6.45, 7) is 2.16. The van der Waals surface area contributed by atoms with E-state index in [0.717, 1.165) is 0 Å². The van der Waals surface area contributed by atoms with Gasteiger partial charge in [0.2, 0.25) is 11.2 Å². The minimum atomic E-state index is 0. The number of para-hydroxylation sites is 1. The summed E-state index contributed by atoms with van der Waals surface area (Å²) in [7, 11) is 0. The number of aryl methyl sites for hydroxylation is 1. The van der Waals surface area contributed by atoms with Gasteiger partial charge in [0, 0.05) is 5.56 Å². The largest absolute Gasteiger partial charge is 1.00 e. The Morgan fingerprint density at radius 1 is 0.947 bits per heavy atom. The molecule has 0 radical (unpaired) electrons. The number of benzene rings is 2. The molecule has 1 heterocycles. The summed E-state index contributed by atoms with van der Waals surface area (Å²) in [5, 5.41) is 2.10. The first-order valence-corrected chi connectivity index (χ1v) is 6.89.